The lowest BCUT2D eigenvalue weighted by atomic mass is 9.89. The summed E-state index contributed by atoms with van der Waals surface area (Å²) in [6.07, 6.45) is 0.361. The highest BCUT2D eigenvalue weighted by Gasteiger charge is 2.52. The van der Waals surface area contributed by atoms with Gasteiger partial charge in [0.1, 0.15) is 23.9 Å². The SMILES string of the molecule is Cc1n[nH]c(C[C@H]2O[C@H](c3cccc(Cl)c3)[C@@H](c3ccc(Cl)cc3)N([C@H](CS(=O)(=O)C(C)(C)C)C3CC3)C2=O)n1. The Balaban J connectivity index is 1.66. The number of hydrogen-bond acceptors (Lipinski definition) is 6. The standard InChI is InChI=1S/C29H34Cl2N4O4S/c1-17-32-25(34-33-17)15-24-28(36)35(23(18-8-9-18)16-40(37,38)29(2,3)4)26(19-10-12-21(30)13-11-19)27(39-24)20-6-5-7-22(31)14-20/h5-7,10-14,18,23-24,26-27H,8-9,15-16H2,1-4H3,(H,32,33,34)/t23-,24-,26-,27-/m1/s1. The van der Waals surface area contributed by atoms with Crippen LogP contribution < -0.4 is 0 Å². The zero-order valence-corrected chi connectivity index (χ0v) is 25.3. The number of rotatable bonds is 8. The number of sulfone groups is 1. The Kier molecular flexibility index (Phi) is 8.05. The lowest BCUT2D eigenvalue weighted by Crippen LogP contribution is -2.58. The van der Waals surface area contributed by atoms with Crippen LogP contribution in [0.4, 0.5) is 0 Å². The summed E-state index contributed by atoms with van der Waals surface area (Å²) < 4.78 is 32.8. The Morgan fingerprint density at radius 1 is 1.07 bits per heavy atom. The summed E-state index contributed by atoms with van der Waals surface area (Å²) in [7, 11) is -3.55. The second-order valence-electron chi connectivity index (χ2n) is 11.7. The van der Waals surface area contributed by atoms with Crippen LogP contribution >= 0.6 is 23.2 Å². The summed E-state index contributed by atoms with van der Waals surface area (Å²) >= 11 is 12.7. The Labute approximate surface area is 245 Å². The van der Waals surface area contributed by atoms with E-state index in [4.69, 9.17) is 27.9 Å². The van der Waals surface area contributed by atoms with Crippen LogP contribution in [0.25, 0.3) is 0 Å². The monoisotopic (exact) mass is 604 g/mol. The smallest absolute Gasteiger partial charge is 0.253 e. The molecule has 0 bridgehead atoms. The van der Waals surface area contributed by atoms with Crippen molar-refractivity contribution >= 4 is 38.9 Å². The summed E-state index contributed by atoms with van der Waals surface area (Å²) in [5, 5.41) is 8.09. The Bertz CT molecular complexity index is 1480. The molecule has 3 aromatic rings. The van der Waals surface area contributed by atoms with Gasteiger partial charge in [-0.2, -0.15) is 5.10 Å². The molecule has 2 aliphatic rings. The number of morpholine rings is 1. The molecule has 1 amide bonds. The molecule has 1 aliphatic heterocycles. The molecule has 0 radical (unpaired) electrons. The number of carbonyl (C=O) groups excluding carboxylic acids is 1. The Hall–Kier alpha value is -2.46. The highest BCUT2D eigenvalue weighted by Crippen LogP contribution is 2.48. The van der Waals surface area contributed by atoms with Crippen molar-refractivity contribution in [2.45, 2.75) is 76.0 Å². The lowest BCUT2D eigenvalue weighted by molar-refractivity contribution is -0.179. The van der Waals surface area contributed by atoms with Crippen LogP contribution in [0, 0.1) is 12.8 Å². The van der Waals surface area contributed by atoms with E-state index in [2.05, 4.69) is 15.2 Å². The van der Waals surface area contributed by atoms with Crippen LogP contribution in [0.3, 0.4) is 0 Å². The minimum atomic E-state index is -3.55. The molecule has 4 atom stereocenters. The zero-order valence-electron chi connectivity index (χ0n) is 23.0. The largest absolute Gasteiger partial charge is 0.357 e. The molecule has 0 spiro atoms. The third-order valence-corrected chi connectivity index (χ3v) is 10.8. The molecule has 1 aromatic heterocycles. The number of halogens is 2. The predicted molar refractivity (Wildman–Crippen MR) is 155 cm³/mol. The molecule has 2 heterocycles. The molecule has 11 heteroatoms. The van der Waals surface area contributed by atoms with Crippen LogP contribution in [-0.4, -0.2) is 57.1 Å². The van der Waals surface area contributed by atoms with E-state index in [9.17, 15) is 13.2 Å². The topological polar surface area (TPSA) is 105 Å². The summed E-state index contributed by atoms with van der Waals surface area (Å²) in [6, 6.07) is 13.5. The third kappa shape index (κ3) is 6.08. The van der Waals surface area contributed by atoms with E-state index in [1.54, 1.807) is 50.8 Å². The summed E-state index contributed by atoms with van der Waals surface area (Å²) in [6.45, 7) is 6.87. The fourth-order valence-corrected chi connectivity index (χ4v) is 6.97. The summed E-state index contributed by atoms with van der Waals surface area (Å²) in [4.78, 5) is 20.6. The number of carbonyl (C=O) groups is 1. The number of ether oxygens (including phenoxy) is 1. The predicted octanol–water partition coefficient (Wildman–Crippen LogP) is 5.66. The van der Waals surface area contributed by atoms with Gasteiger partial charge in [0.15, 0.2) is 9.84 Å². The highest BCUT2D eigenvalue weighted by atomic mass is 35.5. The molecule has 2 aromatic carbocycles. The molecular weight excluding hydrogens is 571 g/mol. The zero-order chi connectivity index (χ0) is 28.8. The van der Waals surface area contributed by atoms with E-state index in [0.29, 0.717) is 21.7 Å². The Morgan fingerprint density at radius 2 is 1.77 bits per heavy atom. The number of nitrogens with zero attached hydrogens (tertiary/aromatic N) is 3. The van der Waals surface area contributed by atoms with Crippen LogP contribution in [-0.2, 0) is 25.8 Å². The molecule has 214 valence electrons. The van der Waals surface area contributed by atoms with E-state index in [1.165, 1.54) is 0 Å². The number of aromatic amines is 1. The molecule has 0 unspecified atom stereocenters. The number of amides is 1. The van der Waals surface area contributed by atoms with Gasteiger partial charge in [0.05, 0.1) is 16.5 Å². The van der Waals surface area contributed by atoms with Gasteiger partial charge in [-0.15, -0.1) is 0 Å². The molecule has 1 saturated heterocycles. The maximum atomic E-state index is 14.4. The van der Waals surface area contributed by atoms with Crippen molar-refractivity contribution in [2.24, 2.45) is 5.92 Å². The molecule has 5 rings (SSSR count). The molecular formula is C29H34Cl2N4O4S. The van der Waals surface area contributed by atoms with Crippen LogP contribution in [0.1, 0.15) is 68.5 Å². The third-order valence-electron chi connectivity index (χ3n) is 7.68. The first kappa shape index (κ1) is 29.0. The maximum Gasteiger partial charge on any atom is 0.253 e. The number of nitrogens with one attached hydrogen (secondary N) is 1. The van der Waals surface area contributed by atoms with Gasteiger partial charge in [-0.05, 0) is 81.8 Å². The van der Waals surface area contributed by atoms with Crippen molar-refractivity contribution in [1.82, 2.24) is 20.1 Å². The fraction of sp³-hybridized carbons (Fsp3) is 0.483. The van der Waals surface area contributed by atoms with Crippen molar-refractivity contribution in [3.63, 3.8) is 0 Å². The van der Waals surface area contributed by atoms with Gasteiger partial charge in [0.25, 0.3) is 5.91 Å². The summed E-state index contributed by atoms with van der Waals surface area (Å²) in [5.41, 5.74) is 1.59. The quantitative estimate of drug-likeness (QED) is 0.355. The number of benzene rings is 2. The number of H-pyrrole nitrogens is 1. The second-order valence-corrected chi connectivity index (χ2v) is 15.3. The molecule has 2 fully saturated rings. The maximum absolute atomic E-state index is 14.4. The van der Waals surface area contributed by atoms with Gasteiger partial charge in [0.2, 0.25) is 0 Å². The van der Waals surface area contributed by atoms with Crippen LogP contribution in [0.5, 0.6) is 0 Å². The van der Waals surface area contributed by atoms with Gasteiger partial charge in [-0.3, -0.25) is 9.89 Å². The van der Waals surface area contributed by atoms with Crippen LogP contribution in [0.2, 0.25) is 10.0 Å². The van der Waals surface area contributed by atoms with E-state index < -0.39 is 38.9 Å². The second kappa shape index (κ2) is 11.1. The average Bonchev–Trinajstić information content (AvgIpc) is 3.65. The molecule has 40 heavy (non-hydrogen) atoms. The molecule has 8 nitrogen and oxygen atoms in total. The first-order valence-electron chi connectivity index (χ1n) is 13.4. The highest BCUT2D eigenvalue weighted by molar-refractivity contribution is 7.92. The number of aromatic nitrogens is 3. The van der Waals surface area contributed by atoms with E-state index in [-0.39, 0.29) is 24.0 Å². The lowest BCUT2D eigenvalue weighted by Gasteiger charge is -2.48. The van der Waals surface area contributed by atoms with Gasteiger partial charge >= 0.3 is 0 Å². The minimum Gasteiger partial charge on any atom is -0.357 e. The van der Waals surface area contributed by atoms with E-state index >= 15 is 0 Å². The van der Waals surface area contributed by atoms with Gasteiger partial charge in [-0.1, -0.05) is 47.5 Å². The van der Waals surface area contributed by atoms with Crippen molar-refractivity contribution in [3.8, 4) is 0 Å². The number of hydrogen-bond donors (Lipinski definition) is 1. The normalized spacial score (nSPS) is 22.9. The van der Waals surface area contributed by atoms with Crippen molar-refractivity contribution in [2.75, 3.05) is 5.75 Å². The molecule has 1 aliphatic carbocycles. The van der Waals surface area contributed by atoms with E-state index in [0.717, 1.165) is 24.0 Å². The first-order valence-corrected chi connectivity index (χ1v) is 15.8. The molecule has 1 saturated carbocycles. The van der Waals surface area contributed by atoms with Gasteiger partial charge in [0, 0.05) is 22.5 Å². The summed E-state index contributed by atoms with van der Waals surface area (Å²) in [5.74, 6) is 0.756. The fourth-order valence-electron chi connectivity index (χ4n) is 5.26. The Morgan fingerprint density at radius 3 is 2.35 bits per heavy atom. The van der Waals surface area contributed by atoms with Gasteiger partial charge < -0.3 is 9.64 Å². The van der Waals surface area contributed by atoms with Crippen LogP contribution in [0.15, 0.2) is 48.5 Å². The minimum absolute atomic E-state index is 0.0714. The van der Waals surface area contributed by atoms with Crippen molar-refractivity contribution < 1.29 is 17.9 Å². The van der Waals surface area contributed by atoms with Crippen molar-refractivity contribution in [3.05, 3.63) is 81.4 Å². The average molecular weight is 606 g/mol. The molecule has 1 N–H and O–H groups in total. The van der Waals surface area contributed by atoms with E-state index in [1.807, 2.05) is 30.3 Å². The van der Waals surface area contributed by atoms with Gasteiger partial charge in [-0.25, -0.2) is 13.4 Å². The first-order chi connectivity index (χ1) is 18.8. The van der Waals surface area contributed by atoms with Crippen molar-refractivity contribution in [1.29, 1.82) is 0 Å². The number of aryl methyl sites for hydroxylation is 1.